The Labute approximate surface area is 78.8 Å². The Morgan fingerprint density at radius 2 is 1.85 bits per heavy atom. The number of aliphatic hydroxyl groups excluding tert-OH is 2. The van der Waals surface area contributed by atoms with E-state index in [1.807, 2.05) is 0 Å². The molecule has 0 rings (SSSR count). The molecule has 13 heavy (non-hydrogen) atoms. The molecule has 0 spiro atoms. The molecule has 0 atom stereocenters. The summed E-state index contributed by atoms with van der Waals surface area (Å²) in [6, 6.07) is 0. The van der Waals surface area contributed by atoms with E-state index in [4.69, 9.17) is 19.7 Å². The van der Waals surface area contributed by atoms with E-state index < -0.39 is 0 Å². The van der Waals surface area contributed by atoms with Gasteiger partial charge < -0.3 is 19.7 Å². The summed E-state index contributed by atoms with van der Waals surface area (Å²) in [6.07, 6.45) is 1.25. The minimum Gasteiger partial charge on any atom is -0.498 e. The van der Waals surface area contributed by atoms with Gasteiger partial charge in [-0.2, -0.15) is 0 Å². The van der Waals surface area contributed by atoms with Crippen LogP contribution in [0.3, 0.4) is 0 Å². The molecular weight excluding hydrogens is 172 g/mol. The number of hydrogen-bond acceptors (Lipinski definition) is 4. The first-order valence-electron chi connectivity index (χ1n) is 4.41. The molecule has 78 valence electrons. The lowest BCUT2D eigenvalue weighted by Crippen LogP contribution is -2.03. The van der Waals surface area contributed by atoms with Crippen LogP contribution in [-0.2, 0) is 9.47 Å². The fraction of sp³-hybridized carbons (Fsp3) is 0.778. The first-order valence-corrected chi connectivity index (χ1v) is 4.41. The van der Waals surface area contributed by atoms with Crippen molar-refractivity contribution in [1.29, 1.82) is 0 Å². The molecular formula is C9H18O4. The van der Waals surface area contributed by atoms with Gasteiger partial charge in [-0.15, -0.1) is 0 Å². The van der Waals surface area contributed by atoms with Gasteiger partial charge in [0.15, 0.2) is 0 Å². The number of rotatable bonds is 9. The lowest BCUT2D eigenvalue weighted by molar-refractivity contribution is 0.0825. The summed E-state index contributed by atoms with van der Waals surface area (Å²) >= 11 is 0. The Morgan fingerprint density at radius 3 is 2.46 bits per heavy atom. The lowest BCUT2D eigenvalue weighted by Gasteiger charge is -2.08. The fourth-order valence-electron chi connectivity index (χ4n) is 0.706. The van der Waals surface area contributed by atoms with Crippen LogP contribution in [0.15, 0.2) is 12.3 Å². The van der Waals surface area contributed by atoms with Crippen molar-refractivity contribution in [3.05, 3.63) is 12.3 Å². The van der Waals surface area contributed by atoms with E-state index in [0.29, 0.717) is 38.4 Å². The topological polar surface area (TPSA) is 58.9 Å². The van der Waals surface area contributed by atoms with Gasteiger partial charge in [-0.3, -0.25) is 0 Å². The van der Waals surface area contributed by atoms with E-state index in [0.717, 1.165) is 0 Å². The van der Waals surface area contributed by atoms with Crippen molar-refractivity contribution in [3.63, 3.8) is 0 Å². The van der Waals surface area contributed by atoms with Crippen molar-refractivity contribution in [1.82, 2.24) is 0 Å². The predicted molar refractivity (Wildman–Crippen MR) is 49.3 cm³/mol. The van der Waals surface area contributed by atoms with Gasteiger partial charge in [-0.05, 0) is 0 Å². The van der Waals surface area contributed by atoms with Crippen molar-refractivity contribution in [2.45, 2.75) is 12.8 Å². The third-order valence-corrected chi connectivity index (χ3v) is 1.37. The third kappa shape index (κ3) is 9.33. The first kappa shape index (κ1) is 12.4. The molecule has 0 saturated carbocycles. The highest BCUT2D eigenvalue weighted by atomic mass is 16.5. The van der Waals surface area contributed by atoms with Gasteiger partial charge in [0.2, 0.25) is 0 Å². The van der Waals surface area contributed by atoms with Gasteiger partial charge in [0, 0.05) is 19.4 Å². The van der Waals surface area contributed by atoms with Gasteiger partial charge >= 0.3 is 0 Å². The van der Waals surface area contributed by atoms with Crippen LogP contribution in [0, 0.1) is 0 Å². The summed E-state index contributed by atoms with van der Waals surface area (Å²) in [5.74, 6) is 0.659. The van der Waals surface area contributed by atoms with Crippen molar-refractivity contribution < 1.29 is 19.7 Å². The molecule has 0 radical (unpaired) electrons. The first-order chi connectivity index (χ1) is 6.31. The number of ether oxygens (including phenoxy) is 2. The highest BCUT2D eigenvalue weighted by Gasteiger charge is 1.95. The smallest absolute Gasteiger partial charge is 0.0911 e. The largest absolute Gasteiger partial charge is 0.498 e. The molecule has 4 heteroatoms. The molecule has 0 amide bonds. The summed E-state index contributed by atoms with van der Waals surface area (Å²) in [6.45, 7) is 5.21. The summed E-state index contributed by atoms with van der Waals surface area (Å²) in [7, 11) is 0. The van der Waals surface area contributed by atoms with Crippen molar-refractivity contribution in [2.24, 2.45) is 0 Å². The van der Waals surface area contributed by atoms with Crippen molar-refractivity contribution in [2.75, 3.05) is 33.0 Å². The number of hydrogen-bond donors (Lipinski definition) is 2. The molecule has 0 aromatic rings. The van der Waals surface area contributed by atoms with E-state index in [1.165, 1.54) is 0 Å². The van der Waals surface area contributed by atoms with Crippen LogP contribution in [0.1, 0.15) is 12.8 Å². The van der Waals surface area contributed by atoms with E-state index >= 15 is 0 Å². The van der Waals surface area contributed by atoms with Crippen LogP contribution in [-0.4, -0.2) is 43.2 Å². The molecule has 0 unspecified atom stereocenters. The molecule has 0 aliphatic carbocycles. The van der Waals surface area contributed by atoms with Gasteiger partial charge in [0.25, 0.3) is 0 Å². The van der Waals surface area contributed by atoms with Crippen molar-refractivity contribution in [3.8, 4) is 0 Å². The van der Waals surface area contributed by atoms with E-state index in [2.05, 4.69) is 6.58 Å². The Bertz CT molecular complexity index is 125. The lowest BCUT2D eigenvalue weighted by atomic mass is 10.4. The van der Waals surface area contributed by atoms with Gasteiger partial charge in [-0.25, -0.2) is 0 Å². The maximum atomic E-state index is 8.46. The maximum absolute atomic E-state index is 8.46. The summed E-state index contributed by atoms with van der Waals surface area (Å²) in [5, 5.41) is 16.9. The molecule has 0 aliphatic heterocycles. The fourth-order valence-corrected chi connectivity index (χ4v) is 0.706. The molecule has 0 saturated heterocycles. The van der Waals surface area contributed by atoms with Crippen molar-refractivity contribution >= 4 is 0 Å². The zero-order valence-electron chi connectivity index (χ0n) is 7.87. The molecule has 0 aromatic carbocycles. The quantitative estimate of drug-likeness (QED) is 0.405. The van der Waals surface area contributed by atoms with Crippen LogP contribution in [0.2, 0.25) is 0 Å². The van der Waals surface area contributed by atoms with E-state index in [-0.39, 0.29) is 13.2 Å². The van der Waals surface area contributed by atoms with Gasteiger partial charge in [0.05, 0.1) is 32.2 Å². The molecule has 0 aliphatic rings. The third-order valence-electron chi connectivity index (χ3n) is 1.37. The Hall–Kier alpha value is -0.580. The summed E-state index contributed by atoms with van der Waals surface area (Å²) in [4.78, 5) is 0. The Balaban J connectivity index is 3.11. The van der Waals surface area contributed by atoms with Gasteiger partial charge in [0.1, 0.15) is 0 Å². The minimum atomic E-state index is 0.0395. The van der Waals surface area contributed by atoms with Crippen LogP contribution in [0.4, 0.5) is 0 Å². The molecule has 0 bridgehead atoms. The molecule has 0 heterocycles. The monoisotopic (exact) mass is 190 g/mol. The second-order valence-electron chi connectivity index (χ2n) is 2.55. The molecule has 4 nitrogen and oxygen atoms in total. The van der Waals surface area contributed by atoms with Crippen LogP contribution in [0.5, 0.6) is 0 Å². The number of aliphatic hydroxyl groups is 2. The normalized spacial score (nSPS) is 10.0. The maximum Gasteiger partial charge on any atom is 0.0911 e. The SMILES string of the molecule is C=C(CCOCCO)OCCCO. The van der Waals surface area contributed by atoms with Crippen LogP contribution < -0.4 is 0 Å². The summed E-state index contributed by atoms with van der Waals surface area (Å²) in [5.41, 5.74) is 0. The van der Waals surface area contributed by atoms with Crippen LogP contribution in [0.25, 0.3) is 0 Å². The van der Waals surface area contributed by atoms with E-state index in [1.54, 1.807) is 0 Å². The second-order valence-corrected chi connectivity index (χ2v) is 2.55. The van der Waals surface area contributed by atoms with Gasteiger partial charge in [-0.1, -0.05) is 6.58 Å². The highest BCUT2D eigenvalue weighted by Crippen LogP contribution is 2.00. The molecule has 0 aromatic heterocycles. The Morgan fingerprint density at radius 1 is 1.08 bits per heavy atom. The zero-order chi connectivity index (χ0) is 9.94. The van der Waals surface area contributed by atoms with Crippen LogP contribution >= 0.6 is 0 Å². The minimum absolute atomic E-state index is 0.0395. The zero-order valence-corrected chi connectivity index (χ0v) is 7.87. The molecule has 0 fully saturated rings. The Kier molecular flexibility index (Phi) is 9.08. The average molecular weight is 190 g/mol. The van der Waals surface area contributed by atoms with E-state index in [9.17, 15) is 0 Å². The standard InChI is InChI=1S/C9H18O4/c1-9(13-6-2-4-10)3-7-12-8-5-11/h10-11H,1-8H2. The predicted octanol–water partition coefficient (Wildman–Crippen LogP) is 0.298. The summed E-state index contributed by atoms with van der Waals surface area (Å²) < 4.78 is 10.2. The second kappa shape index (κ2) is 9.51. The average Bonchev–Trinajstić information content (AvgIpc) is 2.13. The highest BCUT2D eigenvalue weighted by molar-refractivity contribution is 4.81. The molecule has 2 N–H and O–H groups in total.